The molecule has 0 bridgehead atoms. The molecule has 0 heterocycles. The lowest BCUT2D eigenvalue weighted by molar-refractivity contribution is -0.150. The third-order valence-electron chi connectivity index (χ3n) is 6.19. The smallest absolute Gasteiger partial charge is 0.315 e. The highest BCUT2D eigenvalue weighted by Gasteiger charge is 2.87. The van der Waals surface area contributed by atoms with Crippen LogP contribution in [0.3, 0.4) is 0 Å². The van der Waals surface area contributed by atoms with E-state index in [2.05, 4.69) is 20.8 Å². The molecule has 3 nitrogen and oxygen atoms in total. The Labute approximate surface area is 110 Å². The predicted molar refractivity (Wildman–Crippen MR) is 70.1 cm³/mol. The number of fused-ring (bicyclic) bond motifs is 1. The van der Waals surface area contributed by atoms with Gasteiger partial charge in [0.1, 0.15) is 5.41 Å². The third-order valence-corrected chi connectivity index (χ3v) is 6.19. The Balaban J connectivity index is 2.35. The fraction of sp³-hybridized carbons (Fsp3) is 0.933. The van der Waals surface area contributed by atoms with E-state index in [-0.39, 0.29) is 17.0 Å². The van der Waals surface area contributed by atoms with Gasteiger partial charge in [0.25, 0.3) is 0 Å². The summed E-state index contributed by atoms with van der Waals surface area (Å²) in [6.45, 7) is 8.72. The van der Waals surface area contributed by atoms with E-state index in [0.29, 0.717) is 11.8 Å². The molecular weight excluding hydrogens is 228 g/mol. The fourth-order valence-corrected chi connectivity index (χ4v) is 4.54. The van der Waals surface area contributed by atoms with Crippen LogP contribution >= 0.6 is 0 Å². The quantitative estimate of drug-likeness (QED) is 0.726. The molecule has 104 valence electrons. The molecule has 2 saturated carbocycles. The lowest BCUT2D eigenvalue weighted by Gasteiger charge is -2.34. The molecule has 18 heavy (non-hydrogen) atoms. The number of carbonyl (C=O) groups is 1. The van der Waals surface area contributed by atoms with Crippen molar-refractivity contribution >= 4 is 5.97 Å². The summed E-state index contributed by atoms with van der Waals surface area (Å²) in [7, 11) is 3.22. The van der Waals surface area contributed by atoms with Crippen LogP contribution in [0.25, 0.3) is 0 Å². The van der Waals surface area contributed by atoms with Crippen molar-refractivity contribution < 1.29 is 14.3 Å². The Morgan fingerprint density at radius 3 is 2.33 bits per heavy atom. The second-order valence-corrected chi connectivity index (χ2v) is 6.73. The average molecular weight is 254 g/mol. The zero-order chi connectivity index (χ0) is 13.8. The van der Waals surface area contributed by atoms with Crippen LogP contribution in [-0.4, -0.2) is 25.8 Å². The van der Waals surface area contributed by atoms with E-state index < -0.39 is 5.41 Å². The molecule has 0 aromatic heterocycles. The van der Waals surface area contributed by atoms with Crippen molar-refractivity contribution in [2.75, 3.05) is 14.2 Å². The predicted octanol–water partition coefficient (Wildman–Crippen LogP) is 3.03. The van der Waals surface area contributed by atoms with Gasteiger partial charge in [-0.15, -0.1) is 0 Å². The number of esters is 1. The first-order valence-corrected chi connectivity index (χ1v) is 6.94. The van der Waals surface area contributed by atoms with Gasteiger partial charge in [0, 0.05) is 12.5 Å². The van der Waals surface area contributed by atoms with Crippen LogP contribution in [0.15, 0.2) is 0 Å². The first-order chi connectivity index (χ1) is 8.30. The second-order valence-electron chi connectivity index (χ2n) is 6.73. The van der Waals surface area contributed by atoms with Crippen LogP contribution < -0.4 is 0 Å². The second kappa shape index (κ2) is 3.96. The molecule has 0 amide bonds. The van der Waals surface area contributed by atoms with Crippen LogP contribution in [0.4, 0.5) is 0 Å². The largest absolute Gasteiger partial charge is 0.468 e. The zero-order valence-electron chi connectivity index (χ0n) is 12.5. The Morgan fingerprint density at radius 1 is 1.28 bits per heavy atom. The maximum absolute atomic E-state index is 12.2. The van der Waals surface area contributed by atoms with Crippen molar-refractivity contribution in [3.63, 3.8) is 0 Å². The van der Waals surface area contributed by atoms with Crippen LogP contribution in [0, 0.1) is 22.7 Å². The van der Waals surface area contributed by atoms with Gasteiger partial charge in [-0.2, -0.15) is 0 Å². The van der Waals surface area contributed by atoms with E-state index >= 15 is 0 Å². The summed E-state index contributed by atoms with van der Waals surface area (Å²) in [5, 5.41) is 0. The minimum absolute atomic E-state index is 0.0623. The van der Waals surface area contributed by atoms with Crippen LogP contribution in [0.2, 0.25) is 0 Å². The molecule has 4 atom stereocenters. The molecule has 0 aromatic rings. The highest BCUT2D eigenvalue weighted by molar-refractivity contribution is 5.85. The highest BCUT2D eigenvalue weighted by atomic mass is 16.5. The van der Waals surface area contributed by atoms with Crippen molar-refractivity contribution in [2.45, 2.75) is 52.6 Å². The van der Waals surface area contributed by atoms with Crippen molar-refractivity contribution in [3.05, 3.63) is 0 Å². The molecule has 2 aliphatic rings. The summed E-state index contributed by atoms with van der Waals surface area (Å²) in [4.78, 5) is 12.2. The molecule has 0 spiro atoms. The number of ether oxygens (including phenoxy) is 2. The third kappa shape index (κ3) is 1.26. The van der Waals surface area contributed by atoms with Gasteiger partial charge >= 0.3 is 5.97 Å². The topological polar surface area (TPSA) is 35.5 Å². The molecular formula is C15H26O3. The maximum Gasteiger partial charge on any atom is 0.315 e. The van der Waals surface area contributed by atoms with Gasteiger partial charge < -0.3 is 9.47 Å². The minimum Gasteiger partial charge on any atom is -0.468 e. The van der Waals surface area contributed by atoms with Gasteiger partial charge in [0.2, 0.25) is 0 Å². The number of carbonyl (C=O) groups excluding carboxylic acids is 1. The van der Waals surface area contributed by atoms with Crippen LogP contribution in [0.5, 0.6) is 0 Å². The Kier molecular flexibility index (Phi) is 3.05. The lowest BCUT2D eigenvalue weighted by Crippen LogP contribution is -2.33. The molecule has 0 radical (unpaired) electrons. The molecule has 2 rings (SSSR count). The number of methoxy groups -OCH3 is 2. The Bertz CT molecular complexity index is 365. The van der Waals surface area contributed by atoms with Crippen molar-refractivity contribution in [1.82, 2.24) is 0 Å². The molecule has 3 heteroatoms. The number of hydrogen-bond acceptors (Lipinski definition) is 3. The molecule has 0 N–H and O–H groups in total. The van der Waals surface area contributed by atoms with Crippen molar-refractivity contribution in [2.24, 2.45) is 22.7 Å². The minimum atomic E-state index is -0.479. The molecule has 2 fully saturated rings. The zero-order valence-corrected chi connectivity index (χ0v) is 12.5. The Hall–Kier alpha value is -0.570. The van der Waals surface area contributed by atoms with Crippen LogP contribution in [0.1, 0.15) is 47.0 Å². The van der Waals surface area contributed by atoms with E-state index in [9.17, 15) is 4.79 Å². The average Bonchev–Trinajstić information content (AvgIpc) is 2.81. The summed E-state index contributed by atoms with van der Waals surface area (Å²) in [6.07, 6.45) is 3.21. The van der Waals surface area contributed by atoms with Gasteiger partial charge in [-0.3, -0.25) is 4.79 Å². The Morgan fingerprint density at radius 2 is 1.89 bits per heavy atom. The molecule has 2 aliphatic carbocycles. The van der Waals surface area contributed by atoms with Gasteiger partial charge in [-0.1, -0.05) is 20.8 Å². The standard InChI is InChI=1S/C15H26O3/c1-10(2)11-7-8-13(3)14(4,12(16)17-5)15(13,9-11)18-6/h10-11H,7-9H2,1-6H3/t11-,13+,14+,15-/m1/s1. The first-order valence-electron chi connectivity index (χ1n) is 6.94. The van der Waals surface area contributed by atoms with Crippen LogP contribution in [-0.2, 0) is 14.3 Å². The molecule has 0 aliphatic heterocycles. The SMILES string of the molecule is COC(=O)[C@@]1(C)[C@]2(C)CC[C@@H](C(C)C)C[C@@]21OC. The van der Waals surface area contributed by atoms with E-state index in [1.54, 1.807) is 7.11 Å². The van der Waals surface area contributed by atoms with Gasteiger partial charge in [0.05, 0.1) is 12.7 Å². The highest BCUT2D eigenvalue weighted by Crippen LogP contribution is 2.80. The van der Waals surface area contributed by atoms with Gasteiger partial charge in [-0.25, -0.2) is 0 Å². The van der Waals surface area contributed by atoms with E-state index in [0.717, 1.165) is 12.8 Å². The molecule has 0 aromatic carbocycles. The van der Waals surface area contributed by atoms with Gasteiger partial charge in [-0.05, 0) is 38.0 Å². The monoisotopic (exact) mass is 254 g/mol. The summed E-state index contributed by atoms with van der Waals surface area (Å²) in [5.41, 5.74) is -0.860. The first kappa shape index (κ1) is 13.9. The summed E-state index contributed by atoms with van der Waals surface area (Å²) in [6, 6.07) is 0. The number of rotatable bonds is 3. The molecule has 0 saturated heterocycles. The lowest BCUT2D eigenvalue weighted by atomic mass is 9.76. The normalized spacial score (nSPS) is 46.7. The fourth-order valence-electron chi connectivity index (χ4n) is 4.54. The maximum atomic E-state index is 12.2. The van der Waals surface area contributed by atoms with Crippen molar-refractivity contribution in [3.8, 4) is 0 Å². The molecule has 0 unspecified atom stereocenters. The number of hydrogen-bond donors (Lipinski definition) is 0. The van der Waals surface area contributed by atoms with E-state index in [1.165, 1.54) is 13.5 Å². The van der Waals surface area contributed by atoms with Gasteiger partial charge in [0.15, 0.2) is 0 Å². The summed E-state index contributed by atoms with van der Waals surface area (Å²) < 4.78 is 10.9. The summed E-state index contributed by atoms with van der Waals surface area (Å²) >= 11 is 0. The van der Waals surface area contributed by atoms with E-state index in [4.69, 9.17) is 9.47 Å². The van der Waals surface area contributed by atoms with E-state index in [1.807, 2.05) is 6.92 Å². The van der Waals surface area contributed by atoms with Crippen molar-refractivity contribution in [1.29, 1.82) is 0 Å². The summed E-state index contributed by atoms with van der Waals surface area (Å²) in [5.74, 6) is 1.17.